The van der Waals surface area contributed by atoms with E-state index in [0.29, 0.717) is 33.2 Å². The summed E-state index contributed by atoms with van der Waals surface area (Å²) in [5.74, 6) is -2.03. The Balaban J connectivity index is 1.78. The van der Waals surface area contributed by atoms with E-state index in [0.717, 1.165) is 15.1 Å². The summed E-state index contributed by atoms with van der Waals surface area (Å²) in [7, 11) is 1.29. The zero-order valence-electron chi connectivity index (χ0n) is 18.9. The van der Waals surface area contributed by atoms with Crippen molar-refractivity contribution in [3.8, 4) is 5.69 Å². The van der Waals surface area contributed by atoms with Crippen LogP contribution in [0.2, 0.25) is 5.02 Å². The molecule has 1 aromatic heterocycles. The predicted octanol–water partition coefficient (Wildman–Crippen LogP) is 4.96. The number of hydrogen-bond donors (Lipinski definition) is 1. The van der Waals surface area contributed by atoms with Crippen LogP contribution in [0.3, 0.4) is 0 Å². The topological polar surface area (TPSA) is 97.7 Å². The van der Waals surface area contributed by atoms with Crippen molar-refractivity contribution in [1.29, 1.82) is 0 Å². The van der Waals surface area contributed by atoms with E-state index in [4.69, 9.17) is 16.3 Å². The highest BCUT2D eigenvalue weighted by molar-refractivity contribution is 9.10. The van der Waals surface area contributed by atoms with Gasteiger partial charge in [0.1, 0.15) is 5.57 Å². The first kappa shape index (κ1) is 24.4. The minimum Gasteiger partial charge on any atom is -0.465 e. The lowest BCUT2D eigenvalue weighted by molar-refractivity contribution is -0.122. The van der Waals surface area contributed by atoms with Gasteiger partial charge in [0.2, 0.25) is 0 Å². The third-order valence-corrected chi connectivity index (χ3v) is 6.41. The van der Waals surface area contributed by atoms with Crippen molar-refractivity contribution in [3.63, 3.8) is 0 Å². The molecule has 0 bridgehead atoms. The number of barbiturate groups is 1. The Morgan fingerprint density at radius 2 is 1.74 bits per heavy atom. The Bertz CT molecular complexity index is 1430. The van der Waals surface area contributed by atoms with Crippen LogP contribution in [0.15, 0.2) is 58.6 Å². The number of benzene rings is 2. The summed E-state index contributed by atoms with van der Waals surface area (Å²) >= 11 is 9.75. The Morgan fingerprint density at radius 3 is 2.40 bits per heavy atom. The summed E-state index contributed by atoms with van der Waals surface area (Å²) in [5, 5.41) is 2.62. The van der Waals surface area contributed by atoms with Gasteiger partial charge in [-0.05, 0) is 74.0 Å². The number of nitrogens with zero attached hydrogens (tertiary/aromatic N) is 2. The average molecular weight is 557 g/mol. The molecule has 1 saturated heterocycles. The first-order valence-electron chi connectivity index (χ1n) is 10.4. The smallest absolute Gasteiger partial charge is 0.337 e. The zero-order chi connectivity index (χ0) is 25.4. The van der Waals surface area contributed by atoms with Crippen molar-refractivity contribution >= 4 is 63.1 Å². The number of nitrogens with one attached hydrogen (secondary N) is 1. The lowest BCUT2D eigenvalue weighted by Gasteiger charge is -2.26. The Hall–Kier alpha value is -3.69. The molecule has 2 aromatic carbocycles. The largest absolute Gasteiger partial charge is 0.465 e. The van der Waals surface area contributed by atoms with Crippen LogP contribution in [-0.2, 0) is 14.3 Å². The number of carbonyl (C=O) groups is 4. The third-order valence-electron chi connectivity index (χ3n) is 5.56. The van der Waals surface area contributed by atoms with Gasteiger partial charge in [-0.15, -0.1) is 0 Å². The third kappa shape index (κ3) is 4.52. The summed E-state index contributed by atoms with van der Waals surface area (Å²) in [4.78, 5) is 51.2. The van der Waals surface area contributed by atoms with Crippen molar-refractivity contribution < 1.29 is 23.9 Å². The molecule has 0 aliphatic carbocycles. The van der Waals surface area contributed by atoms with Gasteiger partial charge in [-0.3, -0.25) is 14.9 Å². The lowest BCUT2D eigenvalue weighted by Crippen LogP contribution is -2.54. The van der Waals surface area contributed by atoms with Crippen LogP contribution < -0.4 is 10.2 Å². The monoisotopic (exact) mass is 555 g/mol. The summed E-state index contributed by atoms with van der Waals surface area (Å²) in [6.45, 7) is 3.62. The summed E-state index contributed by atoms with van der Waals surface area (Å²) < 4.78 is 7.39. The second-order valence-electron chi connectivity index (χ2n) is 7.75. The van der Waals surface area contributed by atoms with Gasteiger partial charge in [-0.25, -0.2) is 14.5 Å². The molecular formula is C25H19BrClN3O5. The van der Waals surface area contributed by atoms with Crippen LogP contribution in [-0.4, -0.2) is 35.5 Å². The standard InChI is InChI=1S/C25H19BrClN3O5/c1-13-10-16(14(2)29(13)21-12-15(24(33)35-3)4-9-20(21)27)11-19-22(31)28-25(34)30(23(19)32)18-7-5-17(26)6-8-18/h4-12H,1-3H3,(H,28,31,34)/b19-11+. The molecule has 178 valence electrons. The predicted molar refractivity (Wildman–Crippen MR) is 135 cm³/mol. The minimum absolute atomic E-state index is 0.192. The fourth-order valence-electron chi connectivity index (χ4n) is 3.87. The second-order valence-corrected chi connectivity index (χ2v) is 9.08. The Labute approximate surface area is 214 Å². The van der Waals surface area contributed by atoms with Crippen molar-refractivity contribution in [2.24, 2.45) is 0 Å². The van der Waals surface area contributed by atoms with Gasteiger partial charge in [0.05, 0.1) is 29.1 Å². The molecule has 0 radical (unpaired) electrons. The quantitative estimate of drug-likeness (QED) is 0.278. The van der Waals surface area contributed by atoms with Crippen LogP contribution in [0.1, 0.15) is 27.3 Å². The normalized spacial score (nSPS) is 14.9. The number of aryl methyl sites for hydroxylation is 1. The van der Waals surface area contributed by atoms with E-state index in [9.17, 15) is 19.2 Å². The van der Waals surface area contributed by atoms with Crippen LogP contribution in [0.25, 0.3) is 11.8 Å². The number of esters is 1. The molecule has 4 rings (SSSR count). The fraction of sp³-hybridized carbons (Fsp3) is 0.120. The SMILES string of the molecule is COC(=O)c1ccc(Cl)c(-n2c(C)cc(/C=C3\C(=O)NC(=O)N(c4ccc(Br)cc4)C3=O)c2C)c1. The maximum Gasteiger partial charge on any atom is 0.337 e. The highest BCUT2D eigenvalue weighted by Crippen LogP contribution is 2.30. The maximum atomic E-state index is 13.2. The van der Waals surface area contributed by atoms with E-state index in [1.807, 2.05) is 11.5 Å². The molecule has 0 saturated carbocycles. The van der Waals surface area contributed by atoms with Crippen LogP contribution in [0.4, 0.5) is 10.5 Å². The number of hydrogen-bond acceptors (Lipinski definition) is 5. The van der Waals surface area contributed by atoms with Gasteiger partial charge in [0, 0.05) is 15.9 Å². The number of anilines is 1. The van der Waals surface area contributed by atoms with E-state index in [-0.39, 0.29) is 5.57 Å². The Kier molecular flexibility index (Phi) is 6.64. The minimum atomic E-state index is -0.823. The van der Waals surface area contributed by atoms with E-state index >= 15 is 0 Å². The first-order chi connectivity index (χ1) is 16.6. The molecule has 8 nitrogen and oxygen atoms in total. The number of rotatable bonds is 4. The zero-order valence-corrected chi connectivity index (χ0v) is 21.2. The molecule has 1 fully saturated rings. The van der Waals surface area contributed by atoms with Crippen LogP contribution in [0.5, 0.6) is 0 Å². The van der Waals surface area contributed by atoms with Gasteiger partial charge < -0.3 is 9.30 Å². The van der Waals surface area contributed by atoms with Crippen molar-refractivity contribution in [2.45, 2.75) is 13.8 Å². The van der Waals surface area contributed by atoms with Gasteiger partial charge >= 0.3 is 12.0 Å². The number of imide groups is 2. The molecule has 4 amide bonds. The summed E-state index contributed by atoms with van der Waals surface area (Å²) in [6, 6.07) is 12.3. The molecule has 3 aromatic rings. The van der Waals surface area contributed by atoms with Crippen molar-refractivity contribution in [3.05, 3.63) is 86.1 Å². The second kappa shape index (κ2) is 9.52. The van der Waals surface area contributed by atoms with E-state index in [2.05, 4.69) is 21.2 Å². The molecule has 10 heteroatoms. The number of amides is 4. The van der Waals surface area contributed by atoms with Gasteiger partial charge in [0.25, 0.3) is 11.8 Å². The molecule has 0 unspecified atom stereocenters. The summed E-state index contributed by atoms with van der Waals surface area (Å²) in [5.41, 5.74) is 3.00. The fourth-order valence-corrected chi connectivity index (χ4v) is 4.34. The molecular weight excluding hydrogens is 538 g/mol. The van der Waals surface area contributed by atoms with E-state index < -0.39 is 23.8 Å². The van der Waals surface area contributed by atoms with E-state index in [1.54, 1.807) is 55.5 Å². The number of aromatic nitrogens is 1. The number of ether oxygens (including phenoxy) is 1. The van der Waals surface area contributed by atoms with Gasteiger partial charge in [0.15, 0.2) is 0 Å². The molecule has 1 aliphatic rings. The first-order valence-corrected chi connectivity index (χ1v) is 11.5. The lowest BCUT2D eigenvalue weighted by atomic mass is 10.1. The Morgan fingerprint density at radius 1 is 1.06 bits per heavy atom. The summed E-state index contributed by atoms with van der Waals surface area (Å²) in [6.07, 6.45) is 1.44. The highest BCUT2D eigenvalue weighted by atomic mass is 79.9. The number of halogens is 2. The van der Waals surface area contributed by atoms with Crippen molar-refractivity contribution in [1.82, 2.24) is 9.88 Å². The molecule has 1 aliphatic heterocycles. The van der Waals surface area contributed by atoms with Crippen LogP contribution >= 0.6 is 27.5 Å². The number of carbonyl (C=O) groups excluding carboxylic acids is 4. The van der Waals surface area contributed by atoms with E-state index in [1.165, 1.54) is 13.2 Å². The van der Waals surface area contributed by atoms with Crippen LogP contribution in [0, 0.1) is 13.8 Å². The molecule has 0 spiro atoms. The molecule has 35 heavy (non-hydrogen) atoms. The molecule has 0 atom stereocenters. The number of methoxy groups -OCH3 is 1. The van der Waals surface area contributed by atoms with Gasteiger partial charge in [-0.1, -0.05) is 27.5 Å². The molecule has 2 heterocycles. The highest BCUT2D eigenvalue weighted by Gasteiger charge is 2.37. The van der Waals surface area contributed by atoms with Crippen molar-refractivity contribution in [2.75, 3.05) is 12.0 Å². The van der Waals surface area contributed by atoms with Gasteiger partial charge in [-0.2, -0.15) is 0 Å². The molecule has 1 N–H and O–H groups in total. The number of urea groups is 1. The maximum absolute atomic E-state index is 13.2. The average Bonchev–Trinajstić information content (AvgIpc) is 3.10.